The topological polar surface area (TPSA) is 156 Å². The smallest absolute Gasteiger partial charge is 0.432 e. The van der Waals surface area contributed by atoms with Crippen LogP contribution in [0.3, 0.4) is 0 Å². The minimum Gasteiger partial charge on any atom is -0.459 e. The number of carbonyl (C=O) groups excluding carboxylic acids is 4. The molecule has 0 aliphatic carbocycles. The molecule has 2 unspecified atom stereocenters. The molecule has 2 heterocycles. The number of carbonyl (C=O) groups is 4. The third-order valence-electron chi connectivity index (χ3n) is 12.5. The van der Waals surface area contributed by atoms with Gasteiger partial charge in [-0.15, -0.1) is 0 Å². The van der Waals surface area contributed by atoms with Gasteiger partial charge < -0.3 is 38.3 Å². The lowest BCUT2D eigenvalue weighted by atomic mass is 9.88. The highest BCUT2D eigenvalue weighted by Crippen LogP contribution is 2.46. The molecular formula is C50H62F6O12. The fourth-order valence-corrected chi connectivity index (χ4v) is 8.47. The van der Waals surface area contributed by atoms with Crippen molar-refractivity contribution in [1.82, 2.24) is 0 Å². The summed E-state index contributed by atoms with van der Waals surface area (Å²) in [5, 5.41) is 11.5. The van der Waals surface area contributed by atoms with Gasteiger partial charge in [-0.2, -0.15) is 26.3 Å². The molecule has 376 valence electrons. The molecule has 2 aromatic carbocycles. The van der Waals surface area contributed by atoms with Crippen LogP contribution in [0.15, 0.2) is 96.6 Å². The molecule has 0 spiro atoms. The highest BCUT2D eigenvalue weighted by molar-refractivity contribution is 5.84. The third-order valence-corrected chi connectivity index (χ3v) is 12.5. The second kappa shape index (κ2) is 23.0. The summed E-state index contributed by atoms with van der Waals surface area (Å²) in [6, 6.07) is 12.7. The van der Waals surface area contributed by atoms with E-state index < -0.39 is 113 Å². The van der Waals surface area contributed by atoms with Crippen LogP contribution in [-0.2, 0) is 63.5 Å². The van der Waals surface area contributed by atoms with Crippen LogP contribution in [-0.4, -0.2) is 97.8 Å². The number of hydrogen-bond donors (Lipinski definition) is 1. The fraction of sp³-hybridized carbons (Fsp3) is 0.560. The quantitative estimate of drug-likeness (QED) is 0.0401. The first-order chi connectivity index (χ1) is 31.8. The van der Waals surface area contributed by atoms with Crippen LogP contribution in [0.1, 0.15) is 91.7 Å². The molecule has 4 rings (SSSR count). The molecule has 2 aliphatic heterocycles. The molecule has 12 nitrogen and oxygen atoms in total. The summed E-state index contributed by atoms with van der Waals surface area (Å²) < 4.78 is 126. The Kier molecular flexibility index (Phi) is 18.8. The molecule has 2 aliphatic rings. The van der Waals surface area contributed by atoms with Gasteiger partial charge in [-0.1, -0.05) is 113 Å². The van der Waals surface area contributed by atoms with Crippen LogP contribution in [0.5, 0.6) is 0 Å². The van der Waals surface area contributed by atoms with E-state index >= 15 is 0 Å². The number of cyclic esters (lactones) is 1. The molecule has 1 N–H and O–H groups in total. The largest absolute Gasteiger partial charge is 0.459 e. The maximum absolute atomic E-state index is 14.8. The maximum atomic E-state index is 14.8. The zero-order valence-corrected chi connectivity index (χ0v) is 39.6. The average Bonchev–Trinajstić information content (AvgIpc) is 4.03. The van der Waals surface area contributed by atoms with E-state index in [-0.39, 0.29) is 31.3 Å². The molecule has 0 aromatic heterocycles. The van der Waals surface area contributed by atoms with Gasteiger partial charge in [0.25, 0.3) is 11.2 Å². The zero-order chi connectivity index (χ0) is 50.8. The number of hydrogen-bond acceptors (Lipinski definition) is 12. The summed E-state index contributed by atoms with van der Waals surface area (Å²) in [4.78, 5) is 52.8. The molecule has 2 aromatic rings. The minimum atomic E-state index is -5.30. The number of methoxy groups -OCH3 is 2. The van der Waals surface area contributed by atoms with Crippen LogP contribution < -0.4 is 0 Å². The predicted octanol–water partition coefficient (Wildman–Crippen LogP) is 9.33. The number of rotatable bonds is 17. The van der Waals surface area contributed by atoms with Crippen LogP contribution in [0.4, 0.5) is 26.3 Å². The number of alkyl halides is 6. The summed E-state index contributed by atoms with van der Waals surface area (Å²) in [7, 11) is 1.51. The second-order valence-electron chi connectivity index (χ2n) is 17.7. The lowest BCUT2D eigenvalue weighted by molar-refractivity contribution is -0.279. The van der Waals surface area contributed by atoms with Gasteiger partial charge in [-0.3, -0.25) is 9.59 Å². The Morgan fingerprint density at radius 1 is 0.868 bits per heavy atom. The van der Waals surface area contributed by atoms with Crippen molar-refractivity contribution in [3.8, 4) is 0 Å². The Labute approximate surface area is 393 Å². The van der Waals surface area contributed by atoms with Gasteiger partial charge in [0.2, 0.25) is 0 Å². The van der Waals surface area contributed by atoms with Gasteiger partial charge in [-0.05, 0) is 57.1 Å². The average molecular weight is 969 g/mol. The first-order valence-corrected chi connectivity index (χ1v) is 22.3. The van der Waals surface area contributed by atoms with Crippen molar-refractivity contribution in [2.45, 2.75) is 146 Å². The fourth-order valence-electron chi connectivity index (χ4n) is 8.47. The van der Waals surface area contributed by atoms with Crippen LogP contribution in [0, 0.1) is 17.8 Å². The number of halogens is 6. The van der Waals surface area contributed by atoms with Crippen molar-refractivity contribution in [3.05, 3.63) is 108 Å². The number of aliphatic hydroxyl groups is 1. The molecule has 1 fully saturated rings. The summed E-state index contributed by atoms with van der Waals surface area (Å²) >= 11 is 0. The maximum Gasteiger partial charge on any atom is 0.432 e. The Morgan fingerprint density at radius 2 is 1.41 bits per heavy atom. The van der Waals surface area contributed by atoms with Crippen molar-refractivity contribution < 1.29 is 83.8 Å². The Bertz CT molecular complexity index is 2110. The lowest BCUT2D eigenvalue weighted by Gasteiger charge is -2.35. The highest BCUT2D eigenvalue weighted by atomic mass is 19.4. The number of epoxide rings is 1. The number of ether oxygens (including phenoxy) is 7. The van der Waals surface area contributed by atoms with E-state index in [1.807, 2.05) is 13.0 Å². The Morgan fingerprint density at radius 3 is 1.91 bits per heavy atom. The SMILES string of the molecule is CC[C@H](OC(=O)C(OC)(c1ccccc1)C(F)(F)F)[C@@H](C)[C@H]1O[C@@H]1C[C@H](C)/C=C/C=C(\C)[C@H]1OC(=O)C[C@H](OC(=O)C(OC)(c2ccccc2)C(F)(F)F)CC[C@@](C)(O)[C@@H](OC(C)=O)/C=C/[C@@H]1C. The normalized spacial score (nSPS) is 27.7. The Balaban J connectivity index is 1.51. The molecular weight excluding hydrogens is 907 g/mol. The highest BCUT2D eigenvalue weighted by Gasteiger charge is 2.66. The minimum absolute atomic E-state index is 0.113. The number of benzene rings is 2. The van der Waals surface area contributed by atoms with Crippen molar-refractivity contribution in [2.24, 2.45) is 17.8 Å². The Hall–Kier alpha value is -5.04. The molecule has 1 saturated heterocycles. The van der Waals surface area contributed by atoms with Gasteiger partial charge in [0, 0.05) is 44.1 Å². The van der Waals surface area contributed by atoms with Crippen molar-refractivity contribution in [1.29, 1.82) is 0 Å². The van der Waals surface area contributed by atoms with E-state index in [1.54, 1.807) is 45.9 Å². The summed E-state index contributed by atoms with van der Waals surface area (Å²) in [6.07, 6.45) is -8.24. The molecule has 68 heavy (non-hydrogen) atoms. The summed E-state index contributed by atoms with van der Waals surface area (Å²) in [5.41, 5.74) is -9.20. The van der Waals surface area contributed by atoms with E-state index in [0.717, 1.165) is 38.3 Å². The molecule has 18 heteroatoms. The van der Waals surface area contributed by atoms with Crippen LogP contribution in [0.25, 0.3) is 0 Å². The van der Waals surface area contributed by atoms with E-state index in [0.29, 0.717) is 19.1 Å². The second-order valence-corrected chi connectivity index (χ2v) is 17.7. The van der Waals surface area contributed by atoms with Gasteiger partial charge >= 0.3 is 36.2 Å². The molecule has 12 atom stereocenters. The molecule has 0 bridgehead atoms. The predicted molar refractivity (Wildman–Crippen MR) is 235 cm³/mol. The van der Waals surface area contributed by atoms with E-state index in [1.165, 1.54) is 49.4 Å². The van der Waals surface area contributed by atoms with E-state index in [2.05, 4.69) is 0 Å². The van der Waals surface area contributed by atoms with Gasteiger partial charge in [-0.25, -0.2) is 9.59 Å². The zero-order valence-electron chi connectivity index (χ0n) is 39.6. The number of allylic oxidation sites excluding steroid dienone is 3. The van der Waals surface area contributed by atoms with Crippen LogP contribution >= 0.6 is 0 Å². The molecule has 0 radical (unpaired) electrons. The third kappa shape index (κ3) is 13.0. The van der Waals surface area contributed by atoms with E-state index in [4.69, 9.17) is 33.2 Å². The molecule has 0 amide bonds. The standard InChI is InChI=1S/C50H62F6O12/c1-10-38(67-45(60)48(63-9,50(54,55)56)36-22-15-12-16-23-36)33(5)43-39(66-43)28-30(2)18-17-19-31(3)42-32(4)24-25-40(64-34(6)57)46(7,61)27-26-37(29-41(58)68-42)65-44(59)47(62-8,49(51,52)53)35-20-13-11-14-21-35/h11-25,30,32-33,37-40,42-43,61H,10,26-29H2,1-9H3/b18-17+,25-24+,31-19+/t30-,32+,33-,37-,38+,39-,40+,42-,43-,46-,47?,48?/m1/s1. The first-order valence-electron chi connectivity index (χ1n) is 22.3. The van der Waals surface area contributed by atoms with Gasteiger partial charge in [0.1, 0.15) is 30.0 Å². The van der Waals surface area contributed by atoms with Gasteiger partial charge in [0.15, 0.2) is 0 Å². The van der Waals surface area contributed by atoms with E-state index in [9.17, 15) is 50.6 Å². The van der Waals surface area contributed by atoms with Crippen molar-refractivity contribution in [3.63, 3.8) is 0 Å². The molecule has 0 saturated carbocycles. The first kappa shape index (κ1) is 55.6. The van der Waals surface area contributed by atoms with Crippen LogP contribution in [0.2, 0.25) is 0 Å². The summed E-state index contributed by atoms with van der Waals surface area (Å²) in [6.45, 7) is 11.2. The van der Waals surface area contributed by atoms with Crippen molar-refractivity contribution >= 4 is 23.9 Å². The summed E-state index contributed by atoms with van der Waals surface area (Å²) in [5.74, 6) is -6.29. The van der Waals surface area contributed by atoms with Crippen molar-refractivity contribution in [2.75, 3.05) is 14.2 Å². The number of esters is 4. The van der Waals surface area contributed by atoms with Gasteiger partial charge in [0.05, 0.1) is 18.6 Å². The lowest BCUT2D eigenvalue weighted by Crippen LogP contribution is -2.53. The monoisotopic (exact) mass is 968 g/mol.